The van der Waals surface area contributed by atoms with Crippen molar-refractivity contribution in [2.24, 2.45) is 0 Å². The summed E-state index contributed by atoms with van der Waals surface area (Å²) < 4.78 is 2.24. The molecule has 2 nitrogen and oxygen atoms in total. The predicted molar refractivity (Wildman–Crippen MR) is 64.0 cm³/mol. The second-order valence-corrected chi connectivity index (χ2v) is 5.33. The highest BCUT2D eigenvalue weighted by molar-refractivity contribution is 7.97. The smallest absolute Gasteiger partial charge is 0.0689 e. The third-order valence-corrected chi connectivity index (χ3v) is 3.93. The topological polar surface area (TPSA) is 23.5 Å². The van der Waals surface area contributed by atoms with Crippen LogP contribution in [-0.2, 0) is 0 Å². The highest BCUT2D eigenvalue weighted by Crippen LogP contribution is 2.29. The molecule has 0 unspecified atom stereocenters. The molecule has 0 bridgehead atoms. The van der Waals surface area contributed by atoms with Gasteiger partial charge in [0.15, 0.2) is 0 Å². The van der Waals surface area contributed by atoms with Gasteiger partial charge in [0.05, 0.1) is 6.10 Å². The molecule has 0 aromatic heterocycles. The molecule has 1 aromatic carbocycles. The van der Waals surface area contributed by atoms with E-state index in [1.165, 1.54) is 16.0 Å². The summed E-state index contributed by atoms with van der Waals surface area (Å²) in [6.45, 7) is 6.03. The van der Waals surface area contributed by atoms with Crippen LogP contribution in [0.25, 0.3) is 0 Å². The normalized spacial score (nSPS) is 22.2. The number of nitrogens with zero attached hydrogens (tertiary/aromatic N) is 1. The van der Waals surface area contributed by atoms with Gasteiger partial charge in [-0.05, 0) is 43.8 Å². The van der Waals surface area contributed by atoms with Gasteiger partial charge in [0.1, 0.15) is 0 Å². The zero-order valence-corrected chi connectivity index (χ0v) is 10.0. The van der Waals surface area contributed by atoms with Crippen molar-refractivity contribution >= 4 is 11.9 Å². The van der Waals surface area contributed by atoms with Crippen LogP contribution in [0, 0.1) is 13.8 Å². The fourth-order valence-electron chi connectivity index (χ4n) is 1.83. The summed E-state index contributed by atoms with van der Waals surface area (Å²) in [6.07, 6.45) is 0.765. The van der Waals surface area contributed by atoms with Crippen LogP contribution in [0.1, 0.15) is 17.5 Å². The van der Waals surface area contributed by atoms with E-state index in [2.05, 4.69) is 36.4 Å². The van der Waals surface area contributed by atoms with Crippen molar-refractivity contribution in [3.63, 3.8) is 0 Å². The number of hydrogen-bond donors (Lipinski definition) is 1. The Bertz CT molecular complexity index is 353. The SMILES string of the molecule is Cc1ccc(SN2CC[C@H](O)C2)c(C)c1. The first-order valence-electron chi connectivity index (χ1n) is 5.33. The Balaban J connectivity index is 2.04. The summed E-state index contributed by atoms with van der Waals surface area (Å²) in [7, 11) is 0. The molecule has 0 spiro atoms. The van der Waals surface area contributed by atoms with Crippen LogP contribution in [-0.4, -0.2) is 28.6 Å². The van der Waals surface area contributed by atoms with Gasteiger partial charge in [0.25, 0.3) is 0 Å². The van der Waals surface area contributed by atoms with Crippen molar-refractivity contribution < 1.29 is 5.11 Å². The molecule has 0 radical (unpaired) electrons. The molecule has 1 aromatic rings. The van der Waals surface area contributed by atoms with Gasteiger partial charge in [-0.2, -0.15) is 0 Å². The molecule has 0 amide bonds. The monoisotopic (exact) mass is 223 g/mol. The summed E-state index contributed by atoms with van der Waals surface area (Å²) in [4.78, 5) is 1.30. The van der Waals surface area contributed by atoms with Gasteiger partial charge in [-0.3, -0.25) is 0 Å². The van der Waals surface area contributed by atoms with Crippen LogP contribution in [0.15, 0.2) is 23.1 Å². The first kappa shape index (κ1) is 11.0. The van der Waals surface area contributed by atoms with Crippen molar-refractivity contribution in [1.82, 2.24) is 4.31 Å². The summed E-state index contributed by atoms with van der Waals surface area (Å²) >= 11 is 1.76. The number of aliphatic hydroxyl groups is 1. The average molecular weight is 223 g/mol. The van der Waals surface area contributed by atoms with Gasteiger partial charge >= 0.3 is 0 Å². The third-order valence-electron chi connectivity index (χ3n) is 2.68. The lowest BCUT2D eigenvalue weighted by Gasteiger charge is -2.15. The molecule has 2 rings (SSSR count). The van der Waals surface area contributed by atoms with E-state index in [-0.39, 0.29) is 6.10 Å². The van der Waals surface area contributed by atoms with E-state index in [0.29, 0.717) is 0 Å². The second kappa shape index (κ2) is 4.56. The fourth-order valence-corrected chi connectivity index (χ4v) is 2.89. The van der Waals surface area contributed by atoms with Gasteiger partial charge < -0.3 is 5.11 Å². The lowest BCUT2D eigenvalue weighted by Crippen LogP contribution is -2.14. The minimum Gasteiger partial charge on any atom is -0.392 e. The Morgan fingerprint density at radius 1 is 1.40 bits per heavy atom. The summed E-state index contributed by atoms with van der Waals surface area (Å²) in [5.41, 5.74) is 2.62. The van der Waals surface area contributed by atoms with Crippen LogP contribution >= 0.6 is 11.9 Å². The number of aryl methyl sites for hydroxylation is 2. The van der Waals surface area contributed by atoms with Crippen molar-refractivity contribution in [1.29, 1.82) is 0 Å². The molecule has 0 aliphatic carbocycles. The summed E-state index contributed by atoms with van der Waals surface area (Å²) in [5, 5.41) is 9.44. The second-order valence-electron chi connectivity index (χ2n) is 4.19. The molecule has 1 saturated heterocycles. The zero-order chi connectivity index (χ0) is 10.8. The van der Waals surface area contributed by atoms with Crippen molar-refractivity contribution in [2.45, 2.75) is 31.3 Å². The highest BCUT2D eigenvalue weighted by Gasteiger charge is 2.21. The molecular formula is C12H17NOS. The number of benzene rings is 1. The highest BCUT2D eigenvalue weighted by atomic mass is 32.2. The molecule has 1 atom stereocenters. The Labute approximate surface area is 95.4 Å². The fraction of sp³-hybridized carbons (Fsp3) is 0.500. The van der Waals surface area contributed by atoms with E-state index in [1.54, 1.807) is 11.9 Å². The van der Waals surface area contributed by atoms with Crippen molar-refractivity contribution in [2.75, 3.05) is 13.1 Å². The Kier molecular flexibility index (Phi) is 3.34. The van der Waals surface area contributed by atoms with Crippen LogP contribution < -0.4 is 0 Å². The molecule has 1 aliphatic rings. The molecule has 15 heavy (non-hydrogen) atoms. The zero-order valence-electron chi connectivity index (χ0n) is 9.23. The van der Waals surface area contributed by atoms with Crippen LogP contribution in [0.5, 0.6) is 0 Å². The third kappa shape index (κ3) is 2.74. The van der Waals surface area contributed by atoms with Gasteiger partial charge in [0, 0.05) is 18.0 Å². The number of aliphatic hydroxyl groups excluding tert-OH is 1. The average Bonchev–Trinajstić information content (AvgIpc) is 2.56. The first-order valence-corrected chi connectivity index (χ1v) is 6.11. The lowest BCUT2D eigenvalue weighted by atomic mass is 10.2. The van der Waals surface area contributed by atoms with E-state index in [4.69, 9.17) is 0 Å². The van der Waals surface area contributed by atoms with Crippen molar-refractivity contribution in [3.8, 4) is 0 Å². The van der Waals surface area contributed by atoms with Gasteiger partial charge in [-0.15, -0.1) is 0 Å². The van der Waals surface area contributed by atoms with E-state index < -0.39 is 0 Å². The molecule has 1 heterocycles. The Morgan fingerprint density at radius 3 is 2.80 bits per heavy atom. The lowest BCUT2D eigenvalue weighted by molar-refractivity contribution is 0.190. The maximum absolute atomic E-state index is 9.44. The van der Waals surface area contributed by atoms with Crippen LogP contribution in [0.4, 0.5) is 0 Å². The summed E-state index contributed by atoms with van der Waals surface area (Å²) in [6, 6.07) is 6.51. The van der Waals surface area contributed by atoms with E-state index >= 15 is 0 Å². The molecule has 3 heteroatoms. The van der Waals surface area contributed by atoms with E-state index in [0.717, 1.165) is 19.5 Å². The molecule has 1 fully saturated rings. The largest absolute Gasteiger partial charge is 0.392 e. The Morgan fingerprint density at radius 2 is 2.20 bits per heavy atom. The molecular weight excluding hydrogens is 206 g/mol. The maximum atomic E-state index is 9.44. The predicted octanol–water partition coefficient (Wildman–Crippen LogP) is 2.38. The minimum atomic E-state index is -0.136. The Hall–Kier alpha value is -0.510. The van der Waals surface area contributed by atoms with Gasteiger partial charge in [-0.25, -0.2) is 4.31 Å². The minimum absolute atomic E-state index is 0.136. The molecule has 1 N–H and O–H groups in total. The van der Waals surface area contributed by atoms with Crippen molar-refractivity contribution in [3.05, 3.63) is 29.3 Å². The number of β-amino-alcohol motifs (C(OH)–C–C–N with tert-alkyl or cyclic N) is 1. The molecule has 0 saturated carbocycles. The summed E-state index contributed by atoms with van der Waals surface area (Å²) in [5.74, 6) is 0. The van der Waals surface area contributed by atoms with Gasteiger partial charge in [0.2, 0.25) is 0 Å². The molecule has 82 valence electrons. The quantitative estimate of drug-likeness (QED) is 0.779. The van der Waals surface area contributed by atoms with E-state index in [9.17, 15) is 5.11 Å². The van der Waals surface area contributed by atoms with Crippen LogP contribution in [0.2, 0.25) is 0 Å². The standard InChI is InChI=1S/C12H17NOS/c1-9-3-4-12(10(2)7-9)15-13-6-5-11(14)8-13/h3-4,7,11,14H,5-6,8H2,1-2H3/t11-/m0/s1. The maximum Gasteiger partial charge on any atom is 0.0689 e. The first-order chi connectivity index (χ1) is 7.15. The van der Waals surface area contributed by atoms with Crippen LogP contribution in [0.3, 0.4) is 0 Å². The van der Waals surface area contributed by atoms with E-state index in [1.807, 2.05) is 0 Å². The number of hydrogen-bond acceptors (Lipinski definition) is 3. The number of rotatable bonds is 2. The van der Waals surface area contributed by atoms with Gasteiger partial charge in [-0.1, -0.05) is 17.7 Å². The molecule has 1 aliphatic heterocycles.